The van der Waals surface area contributed by atoms with E-state index >= 15 is 0 Å². The highest BCUT2D eigenvalue weighted by Crippen LogP contribution is 2.24. The Morgan fingerprint density at radius 3 is 2.74 bits per heavy atom. The Morgan fingerprint density at radius 1 is 1.30 bits per heavy atom. The number of aryl methyl sites for hydroxylation is 1. The standard InChI is InChI=1S/C18H28N4O4S/c1-14-3-4-16(20-18(23)13-21-6-5-19-12-15(21)2)11-17(14)27(24,25)22-7-9-26-10-8-22/h3-4,11,15,19H,5-10,12-13H2,1-2H3,(H,20,23)/t15-/m0/s1. The lowest BCUT2D eigenvalue weighted by molar-refractivity contribution is -0.118. The van der Waals surface area contributed by atoms with Crippen LogP contribution in [0.2, 0.25) is 0 Å². The van der Waals surface area contributed by atoms with Gasteiger partial charge in [-0.3, -0.25) is 9.69 Å². The number of hydrogen-bond donors (Lipinski definition) is 2. The Morgan fingerprint density at radius 2 is 2.04 bits per heavy atom. The summed E-state index contributed by atoms with van der Waals surface area (Å²) in [6, 6.07) is 5.32. The van der Waals surface area contributed by atoms with Gasteiger partial charge in [0, 0.05) is 44.5 Å². The normalized spacial score (nSPS) is 22.5. The number of nitrogens with one attached hydrogen (secondary N) is 2. The maximum Gasteiger partial charge on any atom is 0.243 e. The van der Waals surface area contributed by atoms with Crippen LogP contribution in [0.5, 0.6) is 0 Å². The molecule has 3 rings (SSSR count). The minimum absolute atomic E-state index is 0.137. The van der Waals surface area contributed by atoms with Crippen molar-refractivity contribution in [2.75, 3.05) is 57.8 Å². The summed E-state index contributed by atoms with van der Waals surface area (Å²) >= 11 is 0. The highest BCUT2D eigenvalue weighted by Gasteiger charge is 2.28. The Hall–Kier alpha value is -1.52. The van der Waals surface area contributed by atoms with E-state index in [1.54, 1.807) is 25.1 Å². The average molecular weight is 397 g/mol. The molecule has 0 unspecified atom stereocenters. The fourth-order valence-corrected chi connectivity index (χ4v) is 5.04. The van der Waals surface area contributed by atoms with E-state index in [2.05, 4.69) is 22.5 Å². The van der Waals surface area contributed by atoms with E-state index < -0.39 is 10.0 Å². The molecule has 0 aromatic heterocycles. The highest BCUT2D eigenvalue weighted by molar-refractivity contribution is 7.89. The number of sulfonamides is 1. The topological polar surface area (TPSA) is 91.0 Å². The fourth-order valence-electron chi connectivity index (χ4n) is 3.38. The predicted molar refractivity (Wildman–Crippen MR) is 103 cm³/mol. The van der Waals surface area contributed by atoms with Crippen molar-refractivity contribution < 1.29 is 17.9 Å². The van der Waals surface area contributed by atoms with E-state index in [9.17, 15) is 13.2 Å². The molecule has 9 heteroatoms. The Kier molecular flexibility index (Phi) is 6.48. The number of hydrogen-bond acceptors (Lipinski definition) is 6. The van der Waals surface area contributed by atoms with E-state index in [0.717, 1.165) is 19.6 Å². The molecule has 1 atom stereocenters. The molecule has 0 radical (unpaired) electrons. The van der Waals surface area contributed by atoms with Crippen LogP contribution in [-0.4, -0.2) is 82.1 Å². The van der Waals surface area contributed by atoms with Crippen LogP contribution in [0.3, 0.4) is 0 Å². The van der Waals surface area contributed by atoms with Gasteiger partial charge in [0.1, 0.15) is 0 Å². The number of morpholine rings is 1. The summed E-state index contributed by atoms with van der Waals surface area (Å²) < 4.78 is 32.6. The van der Waals surface area contributed by atoms with Crippen LogP contribution < -0.4 is 10.6 Å². The minimum Gasteiger partial charge on any atom is -0.379 e. The van der Waals surface area contributed by atoms with Gasteiger partial charge in [-0.25, -0.2) is 8.42 Å². The highest BCUT2D eigenvalue weighted by atomic mass is 32.2. The maximum atomic E-state index is 12.9. The molecule has 0 saturated carbocycles. The fraction of sp³-hybridized carbons (Fsp3) is 0.611. The first-order valence-electron chi connectivity index (χ1n) is 9.31. The van der Waals surface area contributed by atoms with Crippen LogP contribution in [0.4, 0.5) is 5.69 Å². The van der Waals surface area contributed by atoms with E-state index in [-0.39, 0.29) is 10.8 Å². The first-order valence-corrected chi connectivity index (χ1v) is 10.7. The molecule has 1 aromatic rings. The van der Waals surface area contributed by atoms with E-state index in [1.807, 2.05) is 0 Å². The molecular formula is C18H28N4O4S. The van der Waals surface area contributed by atoms with Crippen LogP contribution in [-0.2, 0) is 19.6 Å². The summed E-state index contributed by atoms with van der Waals surface area (Å²) in [7, 11) is -3.60. The first-order chi connectivity index (χ1) is 12.9. The SMILES string of the molecule is Cc1ccc(NC(=O)CN2CCNC[C@@H]2C)cc1S(=O)(=O)N1CCOCC1. The van der Waals surface area contributed by atoms with Crippen molar-refractivity contribution >= 4 is 21.6 Å². The molecule has 1 amide bonds. The molecule has 2 aliphatic rings. The summed E-state index contributed by atoms with van der Waals surface area (Å²) in [5.74, 6) is -0.137. The molecule has 2 N–H and O–H groups in total. The average Bonchev–Trinajstić information content (AvgIpc) is 2.66. The minimum atomic E-state index is -3.60. The largest absolute Gasteiger partial charge is 0.379 e. The van der Waals surface area contributed by atoms with Crippen LogP contribution >= 0.6 is 0 Å². The zero-order valence-corrected chi connectivity index (χ0v) is 16.7. The second kappa shape index (κ2) is 8.66. The zero-order valence-electron chi connectivity index (χ0n) is 15.9. The van der Waals surface area contributed by atoms with Crippen LogP contribution in [0.15, 0.2) is 23.1 Å². The van der Waals surface area contributed by atoms with Crippen molar-refractivity contribution in [3.63, 3.8) is 0 Å². The number of nitrogens with zero attached hydrogens (tertiary/aromatic N) is 2. The Bertz CT molecular complexity index is 778. The summed E-state index contributed by atoms with van der Waals surface area (Å²) in [4.78, 5) is 14.8. The van der Waals surface area contributed by atoms with Crippen molar-refractivity contribution in [3.05, 3.63) is 23.8 Å². The number of rotatable bonds is 5. The van der Waals surface area contributed by atoms with Gasteiger partial charge in [-0.2, -0.15) is 4.31 Å². The lowest BCUT2D eigenvalue weighted by Crippen LogP contribution is -2.51. The van der Waals surface area contributed by atoms with Crippen LogP contribution in [0.25, 0.3) is 0 Å². The smallest absolute Gasteiger partial charge is 0.243 e. The van der Waals surface area contributed by atoms with E-state index in [4.69, 9.17) is 4.74 Å². The molecule has 0 aliphatic carbocycles. The van der Waals surface area contributed by atoms with Crippen molar-refractivity contribution in [2.24, 2.45) is 0 Å². The van der Waals surface area contributed by atoms with Crippen molar-refractivity contribution in [2.45, 2.75) is 24.8 Å². The number of benzene rings is 1. The van der Waals surface area contributed by atoms with Crippen LogP contribution in [0.1, 0.15) is 12.5 Å². The van der Waals surface area contributed by atoms with Gasteiger partial charge in [0.25, 0.3) is 0 Å². The van der Waals surface area contributed by atoms with Gasteiger partial charge in [0.05, 0.1) is 24.7 Å². The molecule has 2 aliphatic heterocycles. The maximum absolute atomic E-state index is 12.9. The second-order valence-corrected chi connectivity index (χ2v) is 8.97. The van der Waals surface area contributed by atoms with Gasteiger partial charge < -0.3 is 15.4 Å². The molecule has 150 valence electrons. The number of piperazine rings is 1. The Balaban J connectivity index is 1.72. The summed E-state index contributed by atoms with van der Waals surface area (Å²) in [5, 5.41) is 6.14. The third kappa shape index (κ3) is 4.85. The van der Waals surface area contributed by atoms with Crippen molar-refractivity contribution in [3.8, 4) is 0 Å². The van der Waals surface area contributed by atoms with Crippen LogP contribution in [0, 0.1) is 6.92 Å². The molecule has 1 aromatic carbocycles. The van der Waals surface area contributed by atoms with Gasteiger partial charge in [0.15, 0.2) is 0 Å². The molecule has 2 heterocycles. The van der Waals surface area contributed by atoms with Gasteiger partial charge in [-0.05, 0) is 31.5 Å². The van der Waals surface area contributed by atoms with Crippen molar-refractivity contribution in [1.29, 1.82) is 0 Å². The molecule has 27 heavy (non-hydrogen) atoms. The number of anilines is 1. The monoisotopic (exact) mass is 396 g/mol. The lowest BCUT2D eigenvalue weighted by atomic mass is 10.2. The van der Waals surface area contributed by atoms with E-state index in [1.165, 1.54) is 4.31 Å². The predicted octanol–water partition coefficient (Wildman–Crippen LogP) is 0.248. The first kappa shape index (κ1) is 20.2. The van der Waals surface area contributed by atoms with Gasteiger partial charge in [-0.1, -0.05) is 6.07 Å². The molecule has 0 spiro atoms. The molecular weight excluding hydrogens is 368 g/mol. The lowest BCUT2D eigenvalue weighted by Gasteiger charge is -2.33. The summed E-state index contributed by atoms with van der Waals surface area (Å²) in [5.41, 5.74) is 1.16. The molecule has 2 saturated heterocycles. The quantitative estimate of drug-likeness (QED) is 0.741. The van der Waals surface area contributed by atoms with Crippen molar-refractivity contribution in [1.82, 2.24) is 14.5 Å². The van der Waals surface area contributed by atoms with E-state index in [0.29, 0.717) is 50.1 Å². The van der Waals surface area contributed by atoms with Gasteiger partial charge in [-0.15, -0.1) is 0 Å². The molecule has 2 fully saturated rings. The number of amides is 1. The number of carbonyl (C=O) groups is 1. The summed E-state index contributed by atoms with van der Waals surface area (Å²) in [6.07, 6.45) is 0. The molecule has 0 bridgehead atoms. The zero-order chi connectivity index (χ0) is 19.4. The van der Waals surface area contributed by atoms with Gasteiger partial charge >= 0.3 is 0 Å². The third-order valence-corrected chi connectivity index (χ3v) is 7.09. The van der Waals surface area contributed by atoms with Gasteiger partial charge in [0.2, 0.25) is 15.9 Å². The number of ether oxygens (including phenoxy) is 1. The Labute approximate surface area is 160 Å². The second-order valence-electron chi connectivity index (χ2n) is 7.07. The molecule has 8 nitrogen and oxygen atoms in total. The summed E-state index contributed by atoms with van der Waals surface area (Å²) in [6.45, 7) is 8.18. The third-order valence-electron chi connectivity index (χ3n) is 5.05. The number of carbonyl (C=O) groups excluding carboxylic acids is 1.